The molecule has 0 aromatic rings. The number of rotatable bonds is 9. The van der Waals surface area contributed by atoms with Crippen LogP contribution in [0.3, 0.4) is 0 Å². The van der Waals surface area contributed by atoms with Crippen LogP contribution in [0.15, 0.2) is 0 Å². The lowest BCUT2D eigenvalue weighted by atomic mass is 10.1. The minimum atomic E-state index is -2.62. The van der Waals surface area contributed by atoms with Crippen molar-refractivity contribution in [3.63, 3.8) is 0 Å². The zero-order valence-electron chi connectivity index (χ0n) is 13.0. The Labute approximate surface area is 117 Å². The second kappa shape index (κ2) is 7.15. The van der Waals surface area contributed by atoms with E-state index in [-0.39, 0.29) is 12.4 Å². The first kappa shape index (κ1) is 17.1. The molecule has 0 spiro atoms. The van der Waals surface area contributed by atoms with Crippen LogP contribution in [0.1, 0.15) is 48.0 Å². The molecule has 0 radical (unpaired) electrons. The third-order valence-corrected chi connectivity index (χ3v) is 6.36. The first-order valence-electron chi connectivity index (χ1n) is 7.26. The van der Waals surface area contributed by atoms with Gasteiger partial charge in [0, 0.05) is 19.3 Å². The summed E-state index contributed by atoms with van der Waals surface area (Å²) in [5, 5.41) is 0. The van der Waals surface area contributed by atoms with Gasteiger partial charge < -0.3 is 22.8 Å². The predicted molar refractivity (Wildman–Crippen MR) is 74.7 cm³/mol. The Morgan fingerprint density at radius 2 is 1.63 bits per heavy atom. The molecule has 0 amide bonds. The van der Waals surface area contributed by atoms with Crippen molar-refractivity contribution in [2.45, 2.75) is 72.2 Å². The summed E-state index contributed by atoms with van der Waals surface area (Å²) in [6, 6.07) is 0.742. The fraction of sp³-hybridized carbons (Fsp3) is 1.00. The van der Waals surface area contributed by atoms with Crippen molar-refractivity contribution >= 4 is 8.80 Å². The fourth-order valence-electron chi connectivity index (χ4n) is 2.10. The molecule has 0 aliphatic carbocycles. The van der Waals surface area contributed by atoms with Crippen LogP contribution in [0, 0.1) is 0 Å². The molecule has 0 bridgehead atoms. The Balaban J connectivity index is 2.63. The average Bonchev–Trinajstić information content (AvgIpc) is 2.35. The van der Waals surface area contributed by atoms with Crippen molar-refractivity contribution in [3.8, 4) is 0 Å². The highest BCUT2D eigenvalue weighted by Gasteiger charge is 2.51. The summed E-state index contributed by atoms with van der Waals surface area (Å²) in [6.45, 7) is 13.0. The van der Waals surface area contributed by atoms with Crippen molar-refractivity contribution in [1.82, 2.24) is 0 Å². The molecule has 1 heterocycles. The Hall–Kier alpha value is 0.0169. The van der Waals surface area contributed by atoms with Crippen molar-refractivity contribution in [1.29, 1.82) is 0 Å². The van der Waals surface area contributed by atoms with Gasteiger partial charge >= 0.3 is 8.80 Å². The fourth-order valence-corrected chi connectivity index (χ4v) is 4.53. The lowest BCUT2D eigenvalue weighted by Crippen LogP contribution is -2.61. The van der Waals surface area contributed by atoms with Crippen molar-refractivity contribution in [3.05, 3.63) is 0 Å². The van der Waals surface area contributed by atoms with E-state index in [9.17, 15) is 0 Å². The molecule has 1 atom stereocenters. The summed E-state index contributed by atoms with van der Waals surface area (Å²) in [5.74, 6) is -0.692. The van der Waals surface area contributed by atoms with Crippen LogP contribution in [0.2, 0.25) is 6.04 Å². The molecule has 1 saturated heterocycles. The Morgan fingerprint density at radius 1 is 1.11 bits per heavy atom. The summed E-state index contributed by atoms with van der Waals surface area (Å²) >= 11 is 0. The summed E-state index contributed by atoms with van der Waals surface area (Å²) in [7, 11) is -2.62. The predicted octanol–water partition coefficient (Wildman–Crippen LogP) is 2.92. The van der Waals surface area contributed by atoms with Crippen LogP contribution >= 0.6 is 0 Å². The van der Waals surface area contributed by atoms with Gasteiger partial charge in [0.1, 0.15) is 6.10 Å². The van der Waals surface area contributed by atoms with E-state index in [0.717, 1.165) is 12.5 Å². The Kier molecular flexibility index (Phi) is 6.42. The molecule has 0 aromatic carbocycles. The van der Waals surface area contributed by atoms with E-state index in [1.165, 1.54) is 0 Å². The van der Waals surface area contributed by atoms with Crippen LogP contribution in [-0.2, 0) is 22.8 Å². The third-order valence-electron chi connectivity index (χ3n) is 3.32. The topological polar surface area (TPSA) is 46.2 Å². The highest BCUT2D eigenvalue weighted by atomic mass is 28.4. The molecular weight excluding hydrogens is 264 g/mol. The average molecular weight is 292 g/mol. The van der Waals surface area contributed by atoms with Gasteiger partial charge in [-0.05, 0) is 34.1 Å². The van der Waals surface area contributed by atoms with Crippen LogP contribution in [0.4, 0.5) is 0 Å². The summed E-state index contributed by atoms with van der Waals surface area (Å²) in [6.07, 6.45) is 0.503. The second-order valence-corrected chi connectivity index (χ2v) is 7.64. The van der Waals surface area contributed by atoms with Crippen LogP contribution in [-0.4, -0.2) is 40.2 Å². The molecule has 1 fully saturated rings. The lowest BCUT2D eigenvalue weighted by molar-refractivity contribution is -0.463. The van der Waals surface area contributed by atoms with Crippen molar-refractivity contribution in [2.24, 2.45) is 0 Å². The maximum atomic E-state index is 6.11. The monoisotopic (exact) mass is 292 g/mol. The van der Waals surface area contributed by atoms with E-state index >= 15 is 0 Å². The first-order chi connectivity index (χ1) is 8.95. The third kappa shape index (κ3) is 3.99. The van der Waals surface area contributed by atoms with Gasteiger partial charge in [0.2, 0.25) is 0 Å². The SMILES string of the molecule is CCO[Si](CC)(OCC)OC(C)C1(C)OC(CC)O1. The van der Waals surface area contributed by atoms with E-state index in [4.69, 9.17) is 22.8 Å². The summed E-state index contributed by atoms with van der Waals surface area (Å²) in [5.41, 5.74) is 0. The molecule has 6 heteroatoms. The van der Waals surface area contributed by atoms with Gasteiger partial charge in [-0.25, -0.2) is 0 Å². The number of ether oxygens (including phenoxy) is 2. The molecule has 0 saturated carbocycles. The molecule has 1 aliphatic rings. The van der Waals surface area contributed by atoms with Gasteiger partial charge in [0.25, 0.3) is 0 Å². The molecule has 5 nitrogen and oxygen atoms in total. The molecule has 19 heavy (non-hydrogen) atoms. The summed E-state index contributed by atoms with van der Waals surface area (Å²) < 4.78 is 29.2. The second-order valence-electron chi connectivity index (χ2n) is 4.75. The Morgan fingerprint density at radius 3 is 2.00 bits per heavy atom. The van der Waals surface area contributed by atoms with Crippen LogP contribution < -0.4 is 0 Å². The lowest BCUT2D eigenvalue weighted by Gasteiger charge is -2.49. The van der Waals surface area contributed by atoms with Gasteiger partial charge in [-0.3, -0.25) is 0 Å². The smallest absolute Gasteiger partial charge is 0.374 e. The van der Waals surface area contributed by atoms with E-state index in [2.05, 4.69) is 0 Å². The number of hydrogen-bond donors (Lipinski definition) is 0. The number of hydrogen-bond acceptors (Lipinski definition) is 5. The zero-order chi connectivity index (χ0) is 14.5. The Bertz CT molecular complexity index is 262. The molecule has 0 N–H and O–H groups in total. The molecule has 0 aromatic heterocycles. The molecule has 114 valence electrons. The molecule has 1 aliphatic heterocycles. The van der Waals surface area contributed by atoms with Gasteiger partial charge in [-0.2, -0.15) is 0 Å². The molecular formula is C13H28O5Si. The van der Waals surface area contributed by atoms with E-state index in [1.807, 2.05) is 41.5 Å². The first-order valence-corrected chi connectivity index (χ1v) is 9.19. The zero-order valence-corrected chi connectivity index (χ0v) is 14.0. The van der Waals surface area contributed by atoms with E-state index in [1.54, 1.807) is 0 Å². The maximum absolute atomic E-state index is 6.11. The molecule has 1 rings (SSSR count). The van der Waals surface area contributed by atoms with Crippen LogP contribution in [0.5, 0.6) is 0 Å². The van der Waals surface area contributed by atoms with Gasteiger partial charge in [-0.1, -0.05) is 13.8 Å². The van der Waals surface area contributed by atoms with E-state index in [0.29, 0.717) is 13.2 Å². The maximum Gasteiger partial charge on any atom is 0.501 e. The van der Waals surface area contributed by atoms with Crippen LogP contribution in [0.25, 0.3) is 0 Å². The largest absolute Gasteiger partial charge is 0.501 e. The van der Waals surface area contributed by atoms with E-state index < -0.39 is 14.6 Å². The highest BCUT2D eigenvalue weighted by molar-refractivity contribution is 6.60. The van der Waals surface area contributed by atoms with Gasteiger partial charge in [-0.15, -0.1) is 0 Å². The van der Waals surface area contributed by atoms with Gasteiger partial charge in [0.05, 0.1) is 0 Å². The standard InChI is InChI=1S/C13H28O5Si/c1-7-12-16-13(6,17-12)11(5)18-19(10-4,14-8-2)15-9-3/h11-12H,7-10H2,1-6H3. The quantitative estimate of drug-likeness (QED) is 0.611. The highest BCUT2D eigenvalue weighted by Crippen LogP contribution is 2.36. The minimum absolute atomic E-state index is 0.118. The summed E-state index contributed by atoms with van der Waals surface area (Å²) in [4.78, 5) is 0. The van der Waals surface area contributed by atoms with Crippen molar-refractivity contribution < 1.29 is 22.8 Å². The van der Waals surface area contributed by atoms with Gasteiger partial charge in [0.15, 0.2) is 12.1 Å². The normalized spacial score (nSPS) is 29.1. The minimum Gasteiger partial charge on any atom is -0.374 e. The molecule has 1 unspecified atom stereocenters. The van der Waals surface area contributed by atoms with Crippen molar-refractivity contribution in [2.75, 3.05) is 13.2 Å².